The predicted molar refractivity (Wildman–Crippen MR) is 156 cm³/mol. The zero-order valence-electron chi connectivity index (χ0n) is 21.6. The van der Waals surface area contributed by atoms with E-state index in [9.17, 15) is 9.59 Å². The van der Waals surface area contributed by atoms with Gasteiger partial charge in [-0.05, 0) is 43.5 Å². The third-order valence-electron chi connectivity index (χ3n) is 5.99. The molecule has 37 heavy (non-hydrogen) atoms. The van der Waals surface area contributed by atoms with Crippen molar-refractivity contribution in [1.29, 1.82) is 0 Å². The molecule has 196 valence electrons. The zero-order chi connectivity index (χ0) is 26.8. The molecule has 0 saturated carbocycles. The largest absolute Gasteiger partial charge is 0.354 e. The number of thioether (sulfide) groups is 1. The van der Waals surface area contributed by atoms with E-state index in [4.69, 9.17) is 23.2 Å². The first kappa shape index (κ1) is 29.1. The molecule has 7 heteroatoms. The molecule has 0 bridgehead atoms. The second-order valence-corrected chi connectivity index (χ2v) is 11.0. The van der Waals surface area contributed by atoms with Gasteiger partial charge in [0.15, 0.2) is 0 Å². The highest BCUT2D eigenvalue weighted by Gasteiger charge is 2.31. The maximum atomic E-state index is 13.7. The number of amides is 2. The molecule has 1 atom stereocenters. The molecule has 0 aromatic heterocycles. The van der Waals surface area contributed by atoms with Crippen molar-refractivity contribution in [1.82, 2.24) is 10.2 Å². The van der Waals surface area contributed by atoms with E-state index in [1.807, 2.05) is 37.3 Å². The minimum Gasteiger partial charge on any atom is -0.354 e. The van der Waals surface area contributed by atoms with Crippen molar-refractivity contribution in [3.63, 3.8) is 0 Å². The molecule has 0 unspecified atom stereocenters. The Kier molecular flexibility index (Phi) is 11.4. The van der Waals surface area contributed by atoms with Gasteiger partial charge in [-0.3, -0.25) is 9.59 Å². The topological polar surface area (TPSA) is 49.4 Å². The van der Waals surface area contributed by atoms with Crippen molar-refractivity contribution in [3.8, 4) is 0 Å². The van der Waals surface area contributed by atoms with Crippen LogP contribution in [0.5, 0.6) is 0 Å². The lowest BCUT2D eigenvalue weighted by Gasteiger charge is -2.32. The molecule has 0 spiro atoms. The monoisotopic (exact) mass is 556 g/mol. The number of carbonyl (C=O) groups excluding carboxylic acids is 2. The Labute approximate surface area is 234 Å². The molecule has 0 saturated heterocycles. The van der Waals surface area contributed by atoms with Crippen LogP contribution in [0.2, 0.25) is 10.0 Å². The molecule has 3 aromatic carbocycles. The van der Waals surface area contributed by atoms with Crippen molar-refractivity contribution in [2.75, 3.05) is 12.3 Å². The number of aryl methyl sites for hydroxylation is 2. The van der Waals surface area contributed by atoms with Crippen LogP contribution in [0.15, 0.2) is 66.7 Å². The first-order valence-corrected chi connectivity index (χ1v) is 14.4. The summed E-state index contributed by atoms with van der Waals surface area (Å²) < 4.78 is 0. The van der Waals surface area contributed by atoms with Gasteiger partial charge in [0.25, 0.3) is 0 Å². The number of halogens is 2. The van der Waals surface area contributed by atoms with Gasteiger partial charge in [0.05, 0.1) is 5.75 Å². The van der Waals surface area contributed by atoms with Crippen LogP contribution in [0.1, 0.15) is 41.2 Å². The Morgan fingerprint density at radius 1 is 0.919 bits per heavy atom. The number of nitrogens with one attached hydrogen (secondary N) is 1. The summed E-state index contributed by atoms with van der Waals surface area (Å²) >= 11 is 14.5. The summed E-state index contributed by atoms with van der Waals surface area (Å²) in [4.78, 5) is 28.8. The van der Waals surface area contributed by atoms with E-state index in [0.717, 1.165) is 12.0 Å². The molecule has 4 nitrogen and oxygen atoms in total. The molecule has 0 aliphatic carbocycles. The van der Waals surface area contributed by atoms with Crippen molar-refractivity contribution < 1.29 is 9.59 Å². The van der Waals surface area contributed by atoms with Crippen LogP contribution >= 0.6 is 35.0 Å². The lowest BCUT2D eigenvalue weighted by atomic mass is 10.0. The van der Waals surface area contributed by atoms with Crippen LogP contribution < -0.4 is 5.32 Å². The Balaban J connectivity index is 1.88. The third-order valence-corrected chi connectivity index (χ3v) is 7.68. The van der Waals surface area contributed by atoms with Crippen molar-refractivity contribution in [2.45, 2.75) is 52.0 Å². The lowest BCUT2D eigenvalue weighted by molar-refractivity contribution is -0.139. The summed E-state index contributed by atoms with van der Waals surface area (Å²) in [5.41, 5.74) is 5.20. The third kappa shape index (κ3) is 8.80. The molecule has 3 aromatic rings. The van der Waals surface area contributed by atoms with Crippen LogP contribution in [-0.2, 0) is 28.3 Å². The van der Waals surface area contributed by atoms with Crippen LogP contribution in [0.4, 0.5) is 0 Å². The van der Waals surface area contributed by atoms with Gasteiger partial charge in [-0.25, -0.2) is 0 Å². The van der Waals surface area contributed by atoms with E-state index < -0.39 is 6.04 Å². The van der Waals surface area contributed by atoms with Gasteiger partial charge in [0.1, 0.15) is 6.04 Å². The fraction of sp³-hybridized carbons (Fsp3) is 0.333. The zero-order valence-corrected chi connectivity index (χ0v) is 23.9. The fourth-order valence-electron chi connectivity index (χ4n) is 4.27. The van der Waals surface area contributed by atoms with Crippen LogP contribution in [0, 0.1) is 13.8 Å². The Bertz CT molecular complexity index is 1160. The van der Waals surface area contributed by atoms with Gasteiger partial charge in [-0.15, -0.1) is 11.8 Å². The summed E-state index contributed by atoms with van der Waals surface area (Å²) in [7, 11) is 0. The van der Waals surface area contributed by atoms with E-state index in [1.54, 1.807) is 34.9 Å². The van der Waals surface area contributed by atoms with E-state index in [2.05, 4.69) is 37.4 Å². The highest BCUT2D eigenvalue weighted by Crippen LogP contribution is 2.28. The molecule has 0 aliphatic heterocycles. The molecule has 0 fully saturated rings. The predicted octanol–water partition coefficient (Wildman–Crippen LogP) is 7.01. The minimum atomic E-state index is -0.699. The van der Waals surface area contributed by atoms with E-state index in [0.29, 0.717) is 34.3 Å². The van der Waals surface area contributed by atoms with Crippen molar-refractivity contribution in [3.05, 3.63) is 105 Å². The number of benzene rings is 3. The highest BCUT2D eigenvalue weighted by molar-refractivity contribution is 7.99. The van der Waals surface area contributed by atoms with E-state index in [-0.39, 0.29) is 24.1 Å². The maximum Gasteiger partial charge on any atom is 0.243 e. The average Bonchev–Trinajstić information content (AvgIpc) is 2.86. The molecule has 0 heterocycles. The van der Waals surface area contributed by atoms with Gasteiger partial charge >= 0.3 is 0 Å². The lowest BCUT2D eigenvalue weighted by Crippen LogP contribution is -2.51. The number of hydrogen-bond acceptors (Lipinski definition) is 3. The van der Waals surface area contributed by atoms with Gasteiger partial charge in [-0.2, -0.15) is 0 Å². The van der Waals surface area contributed by atoms with Crippen molar-refractivity contribution in [2.24, 2.45) is 0 Å². The quantitative estimate of drug-likeness (QED) is 0.261. The van der Waals surface area contributed by atoms with E-state index >= 15 is 0 Å². The fourth-order valence-corrected chi connectivity index (χ4v) is 5.63. The minimum absolute atomic E-state index is 0.127. The second-order valence-electron chi connectivity index (χ2n) is 9.21. The van der Waals surface area contributed by atoms with Gasteiger partial charge in [0, 0.05) is 40.9 Å². The molecule has 0 aliphatic rings. The van der Waals surface area contributed by atoms with Crippen LogP contribution in [-0.4, -0.2) is 35.1 Å². The average molecular weight is 558 g/mol. The Morgan fingerprint density at radius 2 is 1.57 bits per heavy atom. The first-order chi connectivity index (χ1) is 17.8. The van der Waals surface area contributed by atoms with E-state index in [1.165, 1.54) is 16.7 Å². The van der Waals surface area contributed by atoms with Crippen LogP contribution in [0.3, 0.4) is 0 Å². The van der Waals surface area contributed by atoms with Gasteiger partial charge in [-0.1, -0.05) is 95.8 Å². The molecule has 1 N–H and O–H groups in total. The summed E-state index contributed by atoms with van der Waals surface area (Å²) in [5.74, 6) is 0.640. The Morgan fingerprint density at radius 3 is 2.19 bits per heavy atom. The number of hydrogen-bond donors (Lipinski definition) is 1. The van der Waals surface area contributed by atoms with Crippen molar-refractivity contribution >= 4 is 46.8 Å². The number of nitrogens with zero attached hydrogens (tertiary/aromatic N) is 1. The summed E-state index contributed by atoms with van der Waals surface area (Å²) in [5, 5.41) is 3.94. The first-order valence-electron chi connectivity index (χ1n) is 12.5. The molecule has 2 amide bonds. The molecule has 3 rings (SSSR count). The Hall–Kier alpha value is -2.47. The summed E-state index contributed by atoms with van der Waals surface area (Å²) in [6, 6.07) is 20.8. The standard InChI is InChI=1S/C30H34Cl2N2O2S/c1-4-13-33-30(36)28(17-23-9-6-5-7-10-23)34(18-25-26(31)11-8-12-27(25)32)29(35)20-37-19-24-15-21(2)14-22(3)16-24/h5-12,14-16,28H,4,13,17-20H2,1-3H3,(H,33,36)/t28-/m1/s1. The number of rotatable bonds is 12. The normalized spacial score (nSPS) is 11.7. The summed E-state index contributed by atoms with van der Waals surface area (Å²) in [6.07, 6.45) is 1.20. The molecular weight excluding hydrogens is 523 g/mol. The second kappa shape index (κ2) is 14.5. The van der Waals surface area contributed by atoms with Gasteiger partial charge < -0.3 is 10.2 Å². The molecule has 0 radical (unpaired) electrons. The maximum absolute atomic E-state index is 13.7. The SMILES string of the molecule is CCCNC(=O)[C@@H](Cc1ccccc1)N(Cc1c(Cl)cccc1Cl)C(=O)CSCc1cc(C)cc(C)c1. The molecular formula is C30H34Cl2N2O2S. The van der Waals surface area contributed by atoms with Gasteiger partial charge in [0.2, 0.25) is 11.8 Å². The van der Waals surface area contributed by atoms with Crippen LogP contribution in [0.25, 0.3) is 0 Å². The highest BCUT2D eigenvalue weighted by atomic mass is 35.5. The summed E-state index contributed by atoms with van der Waals surface area (Å²) in [6.45, 7) is 6.84. The smallest absolute Gasteiger partial charge is 0.243 e. The number of carbonyl (C=O) groups is 2.